The molecule has 1 atom stereocenters. The molecule has 2 heterocycles. The van der Waals surface area contributed by atoms with Crippen molar-refractivity contribution in [2.45, 2.75) is 5.92 Å². The molecule has 8 heteroatoms. The third-order valence-corrected chi connectivity index (χ3v) is 4.77. The van der Waals surface area contributed by atoms with Crippen molar-refractivity contribution >= 4 is 5.78 Å². The van der Waals surface area contributed by atoms with Crippen LogP contribution in [-0.2, 0) is 0 Å². The number of halogens is 5. The first-order valence-corrected chi connectivity index (χ1v) is 8.83. The van der Waals surface area contributed by atoms with Gasteiger partial charge in [-0.2, -0.15) is 0 Å². The molecule has 0 fully saturated rings. The van der Waals surface area contributed by atoms with E-state index in [0.29, 0.717) is 5.56 Å². The minimum atomic E-state index is -2.23. The number of aromatic nitrogens is 2. The van der Waals surface area contributed by atoms with Crippen LogP contribution in [0.15, 0.2) is 60.8 Å². The second-order valence-corrected chi connectivity index (χ2v) is 6.56. The van der Waals surface area contributed by atoms with Gasteiger partial charge in [-0.1, -0.05) is 30.3 Å². The first-order chi connectivity index (χ1) is 14.4. The van der Waals surface area contributed by atoms with Crippen molar-refractivity contribution in [3.63, 3.8) is 0 Å². The molecule has 0 bridgehead atoms. The molecule has 0 saturated heterocycles. The number of hydrogen-bond donors (Lipinski definition) is 2. The van der Waals surface area contributed by atoms with E-state index in [1.165, 1.54) is 30.5 Å². The number of carbonyl (C=O) groups is 1. The van der Waals surface area contributed by atoms with E-state index < -0.39 is 40.6 Å². The summed E-state index contributed by atoms with van der Waals surface area (Å²) in [5.41, 5.74) is -0.275. The molecule has 0 saturated carbocycles. The number of benzene rings is 2. The maximum atomic E-state index is 14.5. The average Bonchev–Trinajstić information content (AvgIpc) is 3.46. The van der Waals surface area contributed by atoms with Gasteiger partial charge in [0, 0.05) is 28.7 Å². The number of rotatable bonds is 5. The quantitative estimate of drug-likeness (QED) is 0.193. The molecule has 2 aromatic carbocycles. The monoisotopic (exact) mass is 416 g/mol. The highest BCUT2D eigenvalue weighted by atomic mass is 19.2. The Balaban J connectivity index is 1.86. The Bertz CT molecular complexity index is 1190. The summed E-state index contributed by atoms with van der Waals surface area (Å²) in [7, 11) is 0. The van der Waals surface area contributed by atoms with Crippen molar-refractivity contribution in [2.75, 3.05) is 0 Å². The first kappa shape index (κ1) is 19.6. The molecule has 0 aliphatic carbocycles. The molecule has 0 aliphatic rings. The van der Waals surface area contributed by atoms with E-state index >= 15 is 0 Å². The Morgan fingerprint density at radius 2 is 1.33 bits per heavy atom. The lowest BCUT2D eigenvalue weighted by atomic mass is 9.91. The summed E-state index contributed by atoms with van der Waals surface area (Å²) in [6, 6.07) is 14.0. The highest BCUT2D eigenvalue weighted by Crippen LogP contribution is 2.36. The number of aromatic amines is 2. The van der Waals surface area contributed by atoms with Gasteiger partial charge in [0.15, 0.2) is 23.3 Å². The molecule has 2 aromatic heterocycles. The van der Waals surface area contributed by atoms with Crippen LogP contribution in [0.3, 0.4) is 0 Å². The van der Waals surface area contributed by atoms with Crippen molar-refractivity contribution in [2.24, 2.45) is 0 Å². The Morgan fingerprint density at radius 3 is 1.93 bits per heavy atom. The normalized spacial score (nSPS) is 12.2. The molecule has 30 heavy (non-hydrogen) atoms. The summed E-state index contributed by atoms with van der Waals surface area (Å²) < 4.78 is 70.3. The van der Waals surface area contributed by atoms with Gasteiger partial charge in [0.2, 0.25) is 11.6 Å². The average molecular weight is 416 g/mol. The smallest absolute Gasteiger partial charge is 0.209 e. The molecule has 1 unspecified atom stereocenters. The van der Waals surface area contributed by atoms with Crippen molar-refractivity contribution in [1.82, 2.24) is 9.97 Å². The molecule has 3 nitrogen and oxygen atoms in total. The SMILES string of the molecule is O=C(c1ccccc1)c1ccc(C(c2ccc[nH]2)c2c(F)c(F)c(F)c(F)c2F)[nH]1. The van der Waals surface area contributed by atoms with Crippen LogP contribution in [-0.4, -0.2) is 15.8 Å². The van der Waals surface area contributed by atoms with E-state index in [4.69, 9.17) is 0 Å². The van der Waals surface area contributed by atoms with E-state index in [1.54, 1.807) is 30.3 Å². The predicted molar refractivity (Wildman–Crippen MR) is 98.6 cm³/mol. The zero-order valence-corrected chi connectivity index (χ0v) is 15.1. The van der Waals surface area contributed by atoms with Gasteiger partial charge < -0.3 is 9.97 Å². The second-order valence-electron chi connectivity index (χ2n) is 6.56. The topological polar surface area (TPSA) is 48.6 Å². The number of H-pyrrole nitrogens is 2. The van der Waals surface area contributed by atoms with Gasteiger partial charge >= 0.3 is 0 Å². The van der Waals surface area contributed by atoms with Gasteiger partial charge in [0.25, 0.3) is 0 Å². The van der Waals surface area contributed by atoms with Gasteiger partial charge in [0.1, 0.15) is 0 Å². The summed E-state index contributed by atoms with van der Waals surface area (Å²) in [6.45, 7) is 0. The van der Waals surface area contributed by atoms with E-state index in [0.717, 1.165) is 0 Å². The Hall–Kier alpha value is -3.68. The lowest BCUT2D eigenvalue weighted by Crippen LogP contribution is -2.14. The molecular weight excluding hydrogens is 403 g/mol. The zero-order chi connectivity index (χ0) is 21.4. The van der Waals surface area contributed by atoms with Crippen molar-refractivity contribution in [1.29, 1.82) is 0 Å². The standard InChI is InChI=1S/C22H13F5N2O/c23-17-16(18(24)20(26)21(27)19(17)25)15(12-7-4-10-28-12)13-8-9-14(29-13)22(30)11-5-2-1-3-6-11/h1-10,15,28-29H. The van der Waals surface area contributed by atoms with E-state index in [-0.39, 0.29) is 22.9 Å². The fraction of sp³-hybridized carbons (Fsp3) is 0.0455. The Kier molecular flexibility index (Phi) is 4.99. The molecule has 4 rings (SSSR count). The minimum Gasteiger partial charge on any atom is -0.364 e. The second kappa shape index (κ2) is 7.62. The zero-order valence-electron chi connectivity index (χ0n) is 15.1. The number of hydrogen-bond acceptors (Lipinski definition) is 1. The number of carbonyl (C=O) groups excluding carboxylic acids is 1. The molecule has 2 N–H and O–H groups in total. The van der Waals surface area contributed by atoms with Crippen LogP contribution in [0.25, 0.3) is 0 Å². The van der Waals surface area contributed by atoms with Crippen molar-refractivity contribution in [3.05, 3.63) is 118 Å². The number of ketones is 1. The molecule has 0 spiro atoms. The van der Waals surface area contributed by atoms with Crippen LogP contribution in [0.4, 0.5) is 22.0 Å². The highest BCUT2D eigenvalue weighted by molar-refractivity contribution is 6.07. The molecule has 0 amide bonds. The van der Waals surface area contributed by atoms with Gasteiger partial charge in [-0.15, -0.1) is 0 Å². The van der Waals surface area contributed by atoms with Crippen molar-refractivity contribution < 1.29 is 26.7 Å². The molecule has 0 aliphatic heterocycles. The third-order valence-electron chi connectivity index (χ3n) is 4.77. The molecule has 4 aromatic rings. The fourth-order valence-corrected chi connectivity index (χ4v) is 3.34. The number of nitrogens with one attached hydrogen (secondary N) is 2. The molecule has 0 radical (unpaired) electrons. The molecular formula is C22H13F5N2O. The minimum absolute atomic E-state index is 0.0833. The summed E-state index contributed by atoms with van der Waals surface area (Å²) in [5.74, 6) is -11.9. The molecule has 152 valence electrons. The van der Waals surface area contributed by atoms with Gasteiger partial charge in [0.05, 0.1) is 11.6 Å². The maximum Gasteiger partial charge on any atom is 0.209 e. The summed E-state index contributed by atoms with van der Waals surface area (Å²) >= 11 is 0. The van der Waals surface area contributed by atoms with Crippen LogP contribution in [0, 0.1) is 29.1 Å². The summed E-state index contributed by atoms with van der Waals surface area (Å²) in [6.07, 6.45) is 1.45. The van der Waals surface area contributed by atoms with Crippen LogP contribution in [0.2, 0.25) is 0 Å². The predicted octanol–water partition coefficient (Wildman–Crippen LogP) is 5.45. The maximum absolute atomic E-state index is 14.5. The summed E-state index contributed by atoms with van der Waals surface area (Å²) in [5, 5.41) is 0. The van der Waals surface area contributed by atoms with Crippen molar-refractivity contribution in [3.8, 4) is 0 Å². The highest BCUT2D eigenvalue weighted by Gasteiger charge is 2.33. The largest absolute Gasteiger partial charge is 0.364 e. The van der Waals surface area contributed by atoms with Crippen LogP contribution >= 0.6 is 0 Å². The Labute approximate surface area is 167 Å². The van der Waals surface area contributed by atoms with Gasteiger partial charge in [-0.3, -0.25) is 4.79 Å². The van der Waals surface area contributed by atoms with Crippen LogP contribution < -0.4 is 0 Å². The van der Waals surface area contributed by atoms with E-state index in [9.17, 15) is 26.7 Å². The van der Waals surface area contributed by atoms with E-state index in [1.807, 2.05) is 0 Å². The lowest BCUT2D eigenvalue weighted by molar-refractivity contribution is 0.103. The van der Waals surface area contributed by atoms with Crippen LogP contribution in [0.1, 0.15) is 38.9 Å². The van der Waals surface area contributed by atoms with Crippen LogP contribution in [0.5, 0.6) is 0 Å². The summed E-state index contributed by atoms with van der Waals surface area (Å²) in [4.78, 5) is 18.1. The lowest BCUT2D eigenvalue weighted by Gasteiger charge is -2.18. The van der Waals surface area contributed by atoms with E-state index in [2.05, 4.69) is 9.97 Å². The van der Waals surface area contributed by atoms with Gasteiger partial charge in [-0.05, 0) is 24.3 Å². The van der Waals surface area contributed by atoms with Gasteiger partial charge in [-0.25, -0.2) is 22.0 Å². The Morgan fingerprint density at radius 1 is 0.700 bits per heavy atom. The fourth-order valence-electron chi connectivity index (χ4n) is 3.34. The third kappa shape index (κ3) is 3.20. The first-order valence-electron chi connectivity index (χ1n) is 8.83.